The number of fused-ring (bicyclic) bond motifs is 7. The van der Waals surface area contributed by atoms with Crippen molar-refractivity contribution in [2.75, 3.05) is 6.61 Å². The number of rotatable bonds is 0. The number of benzene rings is 2. The van der Waals surface area contributed by atoms with Crippen LogP contribution in [0.25, 0.3) is 34.0 Å². The summed E-state index contributed by atoms with van der Waals surface area (Å²) >= 11 is 0. The van der Waals surface area contributed by atoms with Gasteiger partial charge in [0, 0.05) is 12.6 Å². The van der Waals surface area contributed by atoms with E-state index in [1.165, 1.54) is 0 Å². The van der Waals surface area contributed by atoms with E-state index in [-0.39, 0.29) is 11.2 Å². The normalized spacial score (nSPS) is 16.7. The lowest BCUT2D eigenvalue weighted by atomic mass is 9.93. The highest BCUT2D eigenvalue weighted by Gasteiger charge is 2.31. The van der Waals surface area contributed by atoms with Gasteiger partial charge in [0.15, 0.2) is 0 Å². The van der Waals surface area contributed by atoms with Gasteiger partial charge in [0.1, 0.15) is 29.5 Å². The molecule has 0 bridgehead atoms. The van der Waals surface area contributed by atoms with E-state index in [1.807, 2.05) is 49.8 Å². The van der Waals surface area contributed by atoms with Crippen LogP contribution >= 0.6 is 0 Å². The fourth-order valence-corrected chi connectivity index (χ4v) is 4.05. The maximum absolute atomic E-state index is 13.4. The third-order valence-corrected chi connectivity index (χ3v) is 5.23. The van der Waals surface area contributed by atoms with E-state index in [0.717, 1.165) is 11.1 Å². The molecular weight excluding hydrogens is 342 g/mol. The molecule has 5 nitrogen and oxygen atoms in total. The van der Waals surface area contributed by atoms with Gasteiger partial charge >= 0.3 is 0 Å². The number of nitrogens with zero attached hydrogens (tertiary/aromatic N) is 1. The standard InChI is InChI=1S/C22H19NO4/c1-22(2)10-9-13-18-16(21-14(20(13)27-22)7-5-11-26-21)19(25)12-6-4-8-15(24)17(12)23(18)3/h4-10,24H,11H2,1-3H3. The predicted molar refractivity (Wildman–Crippen MR) is 107 cm³/mol. The Labute approximate surface area is 155 Å². The molecular formula is C22H19NO4. The minimum absolute atomic E-state index is 0.0716. The predicted octanol–water partition coefficient (Wildman–Crippen LogP) is 3.99. The van der Waals surface area contributed by atoms with Gasteiger partial charge < -0.3 is 19.1 Å². The number of aromatic nitrogens is 1. The van der Waals surface area contributed by atoms with Gasteiger partial charge in [-0.1, -0.05) is 6.07 Å². The number of para-hydroxylation sites is 1. The molecule has 0 unspecified atom stereocenters. The molecule has 5 rings (SSSR count). The first-order valence-corrected chi connectivity index (χ1v) is 8.91. The first-order chi connectivity index (χ1) is 12.9. The van der Waals surface area contributed by atoms with Crippen LogP contribution < -0.4 is 14.9 Å². The van der Waals surface area contributed by atoms with Gasteiger partial charge in [0.05, 0.1) is 27.4 Å². The first kappa shape index (κ1) is 16.0. The molecule has 0 aliphatic carbocycles. The topological polar surface area (TPSA) is 60.7 Å². The largest absolute Gasteiger partial charge is 0.506 e. The summed E-state index contributed by atoms with van der Waals surface area (Å²) in [5, 5.41) is 11.4. The van der Waals surface area contributed by atoms with E-state index in [0.29, 0.717) is 39.9 Å². The molecule has 2 aliphatic heterocycles. The Morgan fingerprint density at radius 3 is 2.74 bits per heavy atom. The average Bonchev–Trinajstić information content (AvgIpc) is 2.64. The number of pyridine rings is 1. The Bertz CT molecular complexity index is 1260. The smallest absolute Gasteiger partial charge is 0.201 e. The van der Waals surface area contributed by atoms with E-state index in [1.54, 1.807) is 18.2 Å². The first-order valence-electron chi connectivity index (χ1n) is 8.91. The third-order valence-electron chi connectivity index (χ3n) is 5.23. The third kappa shape index (κ3) is 2.08. The summed E-state index contributed by atoms with van der Waals surface area (Å²) in [6.07, 6.45) is 7.85. The molecule has 5 heteroatoms. The number of phenols is 1. The summed E-state index contributed by atoms with van der Waals surface area (Å²) in [4.78, 5) is 13.4. The number of aryl methyl sites for hydroxylation is 1. The Balaban J connectivity index is 2.09. The zero-order valence-electron chi connectivity index (χ0n) is 15.4. The molecule has 0 amide bonds. The molecule has 3 aromatic rings. The molecule has 0 saturated carbocycles. The maximum Gasteiger partial charge on any atom is 0.201 e. The SMILES string of the molecule is Cn1c2c(O)cccc2c(=O)c2c3c(c4c(c21)C=CC(C)(C)O4)C=CCO3. The Kier molecular flexibility index (Phi) is 3.06. The van der Waals surface area contributed by atoms with Crippen molar-refractivity contribution in [3.63, 3.8) is 0 Å². The lowest BCUT2D eigenvalue weighted by Crippen LogP contribution is -2.29. The number of phenolic OH excluding ortho intramolecular Hbond substituents is 1. The fourth-order valence-electron chi connectivity index (χ4n) is 4.05. The van der Waals surface area contributed by atoms with Crippen molar-refractivity contribution in [2.45, 2.75) is 19.4 Å². The lowest BCUT2D eigenvalue weighted by molar-refractivity contribution is 0.158. The Morgan fingerprint density at radius 2 is 1.93 bits per heavy atom. The molecule has 2 aliphatic rings. The molecule has 0 spiro atoms. The average molecular weight is 361 g/mol. The lowest BCUT2D eigenvalue weighted by Gasteiger charge is -2.32. The maximum atomic E-state index is 13.4. The summed E-state index contributed by atoms with van der Waals surface area (Å²) in [7, 11) is 1.85. The molecule has 0 saturated heterocycles. The number of aromatic hydroxyl groups is 1. The highest BCUT2D eigenvalue weighted by Crippen LogP contribution is 2.46. The van der Waals surface area contributed by atoms with Crippen molar-refractivity contribution in [3.05, 3.63) is 51.7 Å². The number of hydrogen-bond donors (Lipinski definition) is 1. The monoisotopic (exact) mass is 361 g/mol. The Hall–Kier alpha value is -3.21. The van der Waals surface area contributed by atoms with Crippen LogP contribution in [-0.4, -0.2) is 21.9 Å². The molecule has 2 aromatic carbocycles. The van der Waals surface area contributed by atoms with Gasteiger partial charge in [0.2, 0.25) is 5.43 Å². The van der Waals surface area contributed by atoms with Crippen LogP contribution in [0.4, 0.5) is 0 Å². The van der Waals surface area contributed by atoms with Crippen LogP contribution in [0.5, 0.6) is 17.2 Å². The molecule has 27 heavy (non-hydrogen) atoms. The minimum Gasteiger partial charge on any atom is -0.506 e. The fraction of sp³-hybridized carbons (Fsp3) is 0.227. The zero-order chi connectivity index (χ0) is 18.9. The number of hydrogen-bond acceptors (Lipinski definition) is 4. The Morgan fingerprint density at radius 1 is 1.11 bits per heavy atom. The van der Waals surface area contributed by atoms with E-state index < -0.39 is 5.60 Å². The highest BCUT2D eigenvalue weighted by atomic mass is 16.5. The van der Waals surface area contributed by atoms with Crippen molar-refractivity contribution < 1.29 is 14.6 Å². The molecule has 0 radical (unpaired) electrons. The van der Waals surface area contributed by atoms with Crippen molar-refractivity contribution >= 4 is 34.0 Å². The van der Waals surface area contributed by atoms with E-state index in [9.17, 15) is 9.90 Å². The second-order valence-corrected chi connectivity index (χ2v) is 7.52. The molecule has 0 fully saturated rings. The van der Waals surface area contributed by atoms with Crippen LogP contribution in [0, 0.1) is 0 Å². The van der Waals surface area contributed by atoms with Gasteiger partial charge in [0.25, 0.3) is 0 Å². The van der Waals surface area contributed by atoms with Crippen molar-refractivity contribution in [3.8, 4) is 17.2 Å². The van der Waals surface area contributed by atoms with Crippen molar-refractivity contribution in [1.29, 1.82) is 0 Å². The van der Waals surface area contributed by atoms with Crippen molar-refractivity contribution in [1.82, 2.24) is 4.57 Å². The summed E-state index contributed by atoms with van der Waals surface area (Å²) < 4.78 is 14.0. The van der Waals surface area contributed by atoms with Crippen molar-refractivity contribution in [2.24, 2.45) is 7.05 Å². The van der Waals surface area contributed by atoms with E-state index in [4.69, 9.17) is 9.47 Å². The van der Waals surface area contributed by atoms with E-state index >= 15 is 0 Å². The molecule has 136 valence electrons. The van der Waals surface area contributed by atoms with Crippen LogP contribution in [0.3, 0.4) is 0 Å². The zero-order valence-corrected chi connectivity index (χ0v) is 15.4. The van der Waals surface area contributed by atoms with Gasteiger partial charge in [-0.15, -0.1) is 0 Å². The molecule has 3 heterocycles. The molecule has 0 atom stereocenters. The second kappa shape index (κ2) is 5.16. The van der Waals surface area contributed by atoms with E-state index in [2.05, 4.69) is 0 Å². The molecule has 1 N–H and O–H groups in total. The molecule has 1 aromatic heterocycles. The summed E-state index contributed by atoms with van der Waals surface area (Å²) in [5.41, 5.74) is 2.20. The van der Waals surface area contributed by atoms with Gasteiger partial charge in [-0.25, -0.2) is 0 Å². The van der Waals surface area contributed by atoms with Crippen LogP contribution in [0.2, 0.25) is 0 Å². The van der Waals surface area contributed by atoms with Crippen LogP contribution in [0.1, 0.15) is 25.0 Å². The van der Waals surface area contributed by atoms with Gasteiger partial charge in [-0.3, -0.25) is 4.79 Å². The summed E-state index contributed by atoms with van der Waals surface area (Å²) in [6, 6.07) is 5.01. The quantitative estimate of drug-likeness (QED) is 0.615. The minimum atomic E-state index is -0.461. The summed E-state index contributed by atoms with van der Waals surface area (Å²) in [5.74, 6) is 1.32. The van der Waals surface area contributed by atoms with Gasteiger partial charge in [-0.05, 0) is 50.3 Å². The second-order valence-electron chi connectivity index (χ2n) is 7.52. The van der Waals surface area contributed by atoms with Crippen LogP contribution in [0.15, 0.2) is 35.1 Å². The number of ether oxygens (including phenoxy) is 2. The summed E-state index contributed by atoms with van der Waals surface area (Å²) in [6.45, 7) is 4.38. The van der Waals surface area contributed by atoms with Crippen LogP contribution in [-0.2, 0) is 7.05 Å². The van der Waals surface area contributed by atoms with Gasteiger partial charge in [-0.2, -0.15) is 0 Å². The highest BCUT2D eigenvalue weighted by molar-refractivity contribution is 6.05.